The molecule has 132 valence electrons. The topological polar surface area (TPSA) is 88.5 Å². The van der Waals surface area contributed by atoms with Gasteiger partial charge in [-0.3, -0.25) is 9.78 Å². The van der Waals surface area contributed by atoms with Crippen molar-refractivity contribution in [2.24, 2.45) is 0 Å². The first kappa shape index (κ1) is 17.2. The largest absolute Gasteiger partial charge is 0.497 e. The van der Waals surface area contributed by atoms with Crippen LogP contribution in [0.15, 0.2) is 24.3 Å². The van der Waals surface area contributed by atoms with Gasteiger partial charge in [0.25, 0.3) is 5.91 Å². The number of hydrogen-bond donors (Lipinski definition) is 2. The maximum absolute atomic E-state index is 12.8. The molecule has 2 aromatic rings. The Balaban J connectivity index is 1.95. The van der Waals surface area contributed by atoms with Crippen molar-refractivity contribution in [3.8, 4) is 5.75 Å². The van der Waals surface area contributed by atoms with Crippen molar-refractivity contribution in [1.29, 1.82) is 0 Å². The zero-order valence-electron chi connectivity index (χ0n) is 14.5. The minimum atomic E-state index is -1.18. The van der Waals surface area contributed by atoms with Crippen LogP contribution >= 0.6 is 0 Å². The molecule has 0 radical (unpaired) electrons. The van der Waals surface area contributed by atoms with E-state index in [1.54, 1.807) is 20.1 Å². The number of amides is 1. The predicted molar refractivity (Wildman–Crippen MR) is 94.0 cm³/mol. The molecule has 6 nitrogen and oxygen atoms in total. The number of aryl methyl sites for hydroxylation is 1. The first-order valence-electron chi connectivity index (χ1n) is 8.46. The van der Waals surface area contributed by atoms with Crippen LogP contribution in [0, 0.1) is 6.92 Å². The van der Waals surface area contributed by atoms with E-state index in [0.29, 0.717) is 29.8 Å². The van der Waals surface area contributed by atoms with Gasteiger partial charge in [0.15, 0.2) is 0 Å². The van der Waals surface area contributed by atoms with Gasteiger partial charge in [-0.05, 0) is 44.0 Å². The molecule has 0 saturated heterocycles. The molecule has 1 aromatic carbocycles. The Morgan fingerprint density at radius 1 is 1.20 bits per heavy atom. The highest BCUT2D eigenvalue weighted by atomic mass is 16.5. The van der Waals surface area contributed by atoms with Crippen LogP contribution in [-0.2, 0) is 4.79 Å². The summed E-state index contributed by atoms with van der Waals surface area (Å²) in [5.41, 5.74) is 0.560. The number of aliphatic carboxylic acids is 1. The Hall–Kier alpha value is -2.63. The zero-order chi connectivity index (χ0) is 18.0. The normalized spacial score (nSPS) is 16.4. The monoisotopic (exact) mass is 342 g/mol. The molecule has 1 heterocycles. The Kier molecular flexibility index (Phi) is 4.61. The van der Waals surface area contributed by atoms with Crippen LogP contribution in [0.1, 0.15) is 48.2 Å². The van der Waals surface area contributed by atoms with Gasteiger partial charge in [-0.15, -0.1) is 0 Å². The van der Waals surface area contributed by atoms with E-state index in [1.807, 2.05) is 18.2 Å². The molecule has 1 aliphatic carbocycles. The molecule has 2 N–H and O–H groups in total. The number of carboxylic acid groups (broad SMARTS) is 1. The minimum Gasteiger partial charge on any atom is -0.497 e. The molecule has 0 aliphatic heterocycles. The van der Waals surface area contributed by atoms with Gasteiger partial charge in [-0.1, -0.05) is 19.3 Å². The zero-order valence-corrected chi connectivity index (χ0v) is 14.5. The lowest BCUT2D eigenvalue weighted by Gasteiger charge is -2.34. The summed E-state index contributed by atoms with van der Waals surface area (Å²) in [7, 11) is 1.58. The van der Waals surface area contributed by atoms with Gasteiger partial charge in [0.05, 0.1) is 23.9 Å². The molecular weight excluding hydrogens is 320 g/mol. The second-order valence-corrected chi connectivity index (χ2v) is 6.58. The minimum absolute atomic E-state index is 0.390. The third-order valence-corrected chi connectivity index (χ3v) is 4.93. The van der Waals surface area contributed by atoms with E-state index in [-0.39, 0.29) is 5.91 Å². The van der Waals surface area contributed by atoms with Crippen LogP contribution in [-0.4, -0.2) is 34.6 Å². The van der Waals surface area contributed by atoms with E-state index in [1.165, 1.54) is 0 Å². The van der Waals surface area contributed by atoms with Gasteiger partial charge in [0, 0.05) is 5.39 Å². The second-order valence-electron chi connectivity index (χ2n) is 6.58. The van der Waals surface area contributed by atoms with Crippen molar-refractivity contribution in [2.75, 3.05) is 7.11 Å². The molecule has 0 spiro atoms. The molecule has 1 saturated carbocycles. The summed E-state index contributed by atoms with van der Waals surface area (Å²) in [5.74, 6) is -0.675. The quantitative estimate of drug-likeness (QED) is 0.891. The maximum Gasteiger partial charge on any atom is 0.329 e. The number of carbonyl (C=O) groups is 2. The van der Waals surface area contributed by atoms with Gasteiger partial charge in [-0.2, -0.15) is 0 Å². The number of ether oxygens (including phenoxy) is 1. The average Bonchev–Trinajstić information content (AvgIpc) is 2.61. The van der Waals surface area contributed by atoms with E-state index in [9.17, 15) is 14.7 Å². The average molecular weight is 342 g/mol. The number of carbonyl (C=O) groups excluding carboxylic acids is 1. The maximum atomic E-state index is 12.8. The highest BCUT2D eigenvalue weighted by Gasteiger charge is 2.41. The van der Waals surface area contributed by atoms with Crippen LogP contribution in [0.25, 0.3) is 10.9 Å². The SMILES string of the molecule is COc1ccc2nc(C)c(C(=O)NC3(C(=O)O)CCCCC3)cc2c1. The number of carboxylic acids is 1. The Morgan fingerprint density at radius 3 is 2.56 bits per heavy atom. The summed E-state index contributed by atoms with van der Waals surface area (Å²) in [6, 6.07) is 7.21. The fourth-order valence-corrected chi connectivity index (χ4v) is 3.44. The second kappa shape index (κ2) is 6.70. The van der Waals surface area contributed by atoms with E-state index >= 15 is 0 Å². The van der Waals surface area contributed by atoms with Crippen molar-refractivity contribution in [1.82, 2.24) is 10.3 Å². The number of pyridine rings is 1. The fraction of sp³-hybridized carbons (Fsp3) is 0.421. The summed E-state index contributed by atoms with van der Waals surface area (Å²) >= 11 is 0. The van der Waals surface area contributed by atoms with Gasteiger partial charge in [0.1, 0.15) is 11.3 Å². The van der Waals surface area contributed by atoms with E-state index in [0.717, 1.165) is 30.2 Å². The molecule has 1 aromatic heterocycles. The molecule has 1 amide bonds. The smallest absolute Gasteiger partial charge is 0.329 e. The predicted octanol–water partition coefficient (Wildman–Crippen LogP) is 3.07. The van der Waals surface area contributed by atoms with E-state index < -0.39 is 11.5 Å². The number of nitrogens with one attached hydrogen (secondary N) is 1. The summed E-state index contributed by atoms with van der Waals surface area (Å²) in [6.45, 7) is 1.76. The first-order valence-corrected chi connectivity index (χ1v) is 8.46. The third kappa shape index (κ3) is 3.29. The van der Waals surface area contributed by atoms with E-state index in [2.05, 4.69) is 10.3 Å². The standard InChI is InChI=1S/C19H22N2O4/c1-12-15(11-13-10-14(25-2)6-7-16(13)20-12)17(22)21-19(18(23)24)8-4-3-5-9-19/h6-7,10-11H,3-5,8-9H2,1-2H3,(H,21,22)(H,23,24). The third-order valence-electron chi connectivity index (χ3n) is 4.93. The number of aromatic nitrogens is 1. The van der Waals surface area contributed by atoms with Crippen LogP contribution in [0.2, 0.25) is 0 Å². The lowest BCUT2D eigenvalue weighted by atomic mass is 9.81. The number of benzene rings is 1. The van der Waals surface area contributed by atoms with Crippen molar-refractivity contribution in [3.05, 3.63) is 35.5 Å². The lowest BCUT2D eigenvalue weighted by Crippen LogP contribution is -2.55. The van der Waals surface area contributed by atoms with Crippen LogP contribution < -0.4 is 10.1 Å². The highest BCUT2D eigenvalue weighted by molar-refractivity contribution is 6.01. The molecule has 0 atom stereocenters. The van der Waals surface area contributed by atoms with Crippen molar-refractivity contribution < 1.29 is 19.4 Å². The van der Waals surface area contributed by atoms with Crippen molar-refractivity contribution >= 4 is 22.8 Å². The number of rotatable bonds is 4. The summed E-state index contributed by atoms with van der Waals surface area (Å²) in [4.78, 5) is 29.0. The van der Waals surface area contributed by atoms with Gasteiger partial charge < -0.3 is 15.2 Å². The molecule has 0 bridgehead atoms. The van der Waals surface area contributed by atoms with Crippen LogP contribution in [0.3, 0.4) is 0 Å². The van der Waals surface area contributed by atoms with Crippen LogP contribution in [0.4, 0.5) is 0 Å². The molecule has 1 aliphatic rings. The van der Waals surface area contributed by atoms with Crippen LogP contribution in [0.5, 0.6) is 5.75 Å². The summed E-state index contributed by atoms with van der Waals surface area (Å²) in [6.07, 6.45) is 3.53. The van der Waals surface area contributed by atoms with Gasteiger partial charge in [0.2, 0.25) is 0 Å². The molecule has 1 fully saturated rings. The van der Waals surface area contributed by atoms with Crippen molar-refractivity contribution in [3.63, 3.8) is 0 Å². The van der Waals surface area contributed by atoms with Gasteiger partial charge >= 0.3 is 5.97 Å². The number of fused-ring (bicyclic) bond motifs is 1. The summed E-state index contributed by atoms with van der Waals surface area (Å²) < 4.78 is 5.22. The molecule has 0 unspecified atom stereocenters. The molecule has 6 heteroatoms. The Morgan fingerprint density at radius 2 is 1.92 bits per heavy atom. The number of hydrogen-bond acceptors (Lipinski definition) is 4. The Bertz CT molecular complexity index is 826. The van der Waals surface area contributed by atoms with E-state index in [4.69, 9.17) is 4.74 Å². The number of methoxy groups -OCH3 is 1. The fourth-order valence-electron chi connectivity index (χ4n) is 3.44. The van der Waals surface area contributed by atoms with Gasteiger partial charge in [-0.25, -0.2) is 4.79 Å². The lowest BCUT2D eigenvalue weighted by molar-refractivity contribution is -0.145. The summed E-state index contributed by atoms with van der Waals surface area (Å²) in [5, 5.41) is 13.2. The van der Waals surface area contributed by atoms with Crippen molar-refractivity contribution in [2.45, 2.75) is 44.6 Å². The molecule has 3 rings (SSSR count). The first-order chi connectivity index (χ1) is 11.9. The Labute approximate surface area is 146 Å². The molecule has 25 heavy (non-hydrogen) atoms. The number of nitrogens with zero attached hydrogens (tertiary/aromatic N) is 1. The molecular formula is C19H22N2O4. The highest BCUT2D eigenvalue weighted by Crippen LogP contribution is 2.29.